The number of nitrogens with zero attached hydrogens (tertiary/aromatic N) is 1. The molecule has 0 radical (unpaired) electrons. The molecule has 0 N–H and O–H groups in total. The molecule has 1 aliphatic rings. The summed E-state index contributed by atoms with van der Waals surface area (Å²) in [7, 11) is -3.41. The van der Waals surface area contributed by atoms with Crippen molar-refractivity contribution in [1.29, 1.82) is 0 Å². The zero-order valence-corrected chi connectivity index (χ0v) is 13.9. The number of fused-ring (bicyclic) bond motifs is 1. The molecule has 1 heterocycles. The van der Waals surface area contributed by atoms with Gasteiger partial charge in [0.25, 0.3) is 0 Å². The van der Waals surface area contributed by atoms with Crippen molar-refractivity contribution in [2.24, 2.45) is 0 Å². The van der Waals surface area contributed by atoms with E-state index in [-0.39, 0.29) is 0 Å². The number of halogens is 1. The summed E-state index contributed by atoms with van der Waals surface area (Å²) in [4.78, 5) is 0.358. The van der Waals surface area contributed by atoms with Crippen molar-refractivity contribution in [3.05, 3.63) is 64.1 Å². The van der Waals surface area contributed by atoms with Crippen LogP contribution in [-0.2, 0) is 22.9 Å². The molecular formula is C16H16BrNO2S. The van der Waals surface area contributed by atoms with Crippen molar-refractivity contribution >= 4 is 26.0 Å². The first-order valence-electron chi connectivity index (χ1n) is 6.90. The summed E-state index contributed by atoms with van der Waals surface area (Å²) in [5, 5.41) is 0. The molecule has 0 unspecified atom stereocenters. The van der Waals surface area contributed by atoms with E-state index in [4.69, 9.17) is 0 Å². The second-order valence-corrected chi connectivity index (χ2v) is 7.98. The minimum absolute atomic E-state index is 0.358. The third kappa shape index (κ3) is 3.05. The van der Waals surface area contributed by atoms with Gasteiger partial charge in [0, 0.05) is 17.6 Å². The maximum Gasteiger partial charge on any atom is 0.243 e. The van der Waals surface area contributed by atoms with Crippen LogP contribution in [0.5, 0.6) is 0 Å². The van der Waals surface area contributed by atoms with Crippen LogP contribution >= 0.6 is 15.9 Å². The van der Waals surface area contributed by atoms with Gasteiger partial charge in [0.2, 0.25) is 10.0 Å². The summed E-state index contributed by atoms with van der Waals surface area (Å²) in [6, 6.07) is 15.0. The van der Waals surface area contributed by atoms with Crippen molar-refractivity contribution < 1.29 is 8.42 Å². The maximum atomic E-state index is 12.7. The Kier molecular flexibility index (Phi) is 4.15. The molecular weight excluding hydrogens is 350 g/mol. The molecule has 3 nitrogen and oxygen atoms in total. The fourth-order valence-electron chi connectivity index (χ4n) is 2.64. The van der Waals surface area contributed by atoms with E-state index in [2.05, 4.69) is 28.1 Å². The Labute approximate surface area is 133 Å². The van der Waals surface area contributed by atoms with E-state index in [9.17, 15) is 8.42 Å². The standard InChI is InChI=1S/C16H16BrNO2S/c17-15-5-7-16(8-6-15)21(19,20)18-11-9-13-3-1-2-4-14(13)10-12-18/h1-8H,9-12H2. The third-order valence-electron chi connectivity index (χ3n) is 3.83. The lowest BCUT2D eigenvalue weighted by Gasteiger charge is -2.19. The summed E-state index contributed by atoms with van der Waals surface area (Å²) in [6.45, 7) is 1.07. The molecule has 2 aromatic carbocycles. The van der Waals surface area contributed by atoms with Gasteiger partial charge >= 0.3 is 0 Å². The summed E-state index contributed by atoms with van der Waals surface area (Å²) in [5.41, 5.74) is 2.51. The largest absolute Gasteiger partial charge is 0.243 e. The van der Waals surface area contributed by atoms with Crippen LogP contribution in [0, 0.1) is 0 Å². The Morgan fingerprint density at radius 3 is 1.90 bits per heavy atom. The fraction of sp³-hybridized carbons (Fsp3) is 0.250. The highest BCUT2D eigenvalue weighted by molar-refractivity contribution is 9.10. The van der Waals surface area contributed by atoms with Gasteiger partial charge in [-0.15, -0.1) is 0 Å². The van der Waals surface area contributed by atoms with Crippen LogP contribution in [0.15, 0.2) is 57.9 Å². The zero-order chi connectivity index (χ0) is 14.9. The average Bonchev–Trinajstić information content (AvgIpc) is 2.70. The molecule has 1 aliphatic heterocycles. The molecule has 0 aliphatic carbocycles. The smallest absolute Gasteiger partial charge is 0.207 e. The molecule has 0 amide bonds. The summed E-state index contributed by atoms with van der Waals surface area (Å²) in [5.74, 6) is 0. The Balaban J connectivity index is 1.86. The summed E-state index contributed by atoms with van der Waals surface area (Å²) < 4.78 is 27.9. The fourth-order valence-corrected chi connectivity index (χ4v) is 4.35. The van der Waals surface area contributed by atoms with Gasteiger partial charge in [-0.2, -0.15) is 4.31 Å². The van der Waals surface area contributed by atoms with E-state index in [1.807, 2.05) is 12.1 Å². The van der Waals surface area contributed by atoms with Gasteiger partial charge in [0.1, 0.15) is 0 Å². The SMILES string of the molecule is O=S(=O)(c1ccc(Br)cc1)N1CCc2ccccc2CC1. The zero-order valence-electron chi connectivity index (χ0n) is 11.5. The van der Waals surface area contributed by atoms with Gasteiger partial charge in [-0.1, -0.05) is 40.2 Å². The van der Waals surface area contributed by atoms with Crippen LogP contribution < -0.4 is 0 Å². The monoisotopic (exact) mass is 365 g/mol. The number of hydrogen-bond acceptors (Lipinski definition) is 2. The van der Waals surface area contributed by atoms with E-state index in [0.717, 1.165) is 17.3 Å². The molecule has 0 saturated heterocycles. The Morgan fingerprint density at radius 1 is 0.857 bits per heavy atom. The van der Waals surface area contributed by atoms with Crippen LogP contribution in [-0.4, -0.2) is 25.8 Å². The second-order valence-electron chi connectivity index (χ2n) is 5.13. The maximum absolute atomic E-state index is 12.7. The minimum Gasteiger partial charge on any atom is -0.207 e. The first-order chi connectivity index (χ1) is 10.1. The van der Waals surface area contributed by atoms with Crippen molar-refractivity contribution in [2.45, 2.75) is 17.7 Å². The highest BCUT2D eigenvalue weighted by Crippen LogP contribution is 2.22. The topological polar surface area (TPSA) is 37.4 Å². The Morgan fingerprint density at radius 2 is 1.38 bits per heavy atom. The molecule has 0 bridgehead atoms. The molecule has 110 valence electrons. The second kappa shape index (κ2) is 5.91. The van der Waals surface area contributed by atoms with E-state index in [1.165, 1.54) is 11.1 Å². The quantitative estimate of drug-likeness (QED) is 0.818. The number of hydrogen-bond donors (Lipinski definition) is 0. The van der Waals surface area contributed by atoms with Crippen LogP contribution in [0.4, 0.5) is 0 Å². The molecule has 2 aromatic rings. The Bertz CT molecular complexity index is 714. The molecule has 0 spiro atoms. The van der Waals surface area contributed by atoms with Crippen LogP contribution in [0.25, 0.3) is 0 Å². The normalized spacial score (nSPS) is 16.2. The predicted octanol–water partition coefficient (Wildman–Crippen LogP) is 3.24. The number of benzene rings is 2. The van der Waals surface area contributed by atoms with Crippen LogP contribution in [0.3, 0.4) is 0 Å². The minimum atomic E-state index is -3.41. The molecule has 0 saturated carbocycles. The Hall–Kier alpha value is -1.17. The molecule has 0 aromatic heterocycles. The van der Waals surface area contributed by atoms with E-state index in [0.29, 0.717) is 18.0 Å². The average molecular weight is 366 g/mol. The van der Waals surface area contributed by atoms with E-state index in [1.54, 1.807) is 28.6 Å². The lowest BCUT2D eigenvalue weighted by Crippen LogP contribution is -2.33. The number of sulfonamides is 1. The summed E-state index contributed by atoms with van der Waals surface area (Å²) in [6.07, 6.45) is 1.54. The van der Waals surface area contributed by atoms with Gasteiger partial charge < -0.3 is 0 Å². The van der Waals surface area contributed by atoms with Gasteiger partial charge in [-0.25, -0.2) is 8.42 Å². The summed E-state index contributed by atoms with van der Waals surface area (Å²) >= 11 is 3.33. The van der Waals surface area contributed by atoms with Gasteiger partial charge in [0.15, 0.2) is 0 Å². The van der Waals surface area contributed by atoms with Crippen LogP contribution in [0.2, 0.25) is 0 Å². The highest BCUT2D eigenvalue weighted by atomic mass is 79.9. The van der Waals surface area contributed by atoms with Crippen molar-refractivity contribution in [2.75, 3.05) is 13.1 Å². The number of rotatable bonds is 2. The van der Waals surface area contributed by atoms with E-state index < -0.39 is 10.0 Å². The van der Waals surface area contributed by atoms with Crippen molar-refractivity contribution in [3.8, 4) is 0 Å². The first kappa shape index (κ1) is 14.8. The first-order valence-corrected chi connectivity index (χ1v) is 9.13. The lowest BCUT2D eigenvalue weighted by atomic mass is 10.0. The molecule has 0 atom stereocenters. The van der Waals surface area contributed by atoms with Crippen molar-refractivity contribution in [1.82, 2.24) is 4.31 Å². The van der Waals surface area contributed by atoms with Gasteiger partial charge in [-0.05, 0) is 48.2 Å². The predicted molar refractivity (Wildman–Crippen MR) is 86.8 cm³/mol. The highest BCUT2D eigenvalue weighted by Gasteiger charge is 2.26. The molecule has 5 heteroatoms. The van der Waals surface area contributed by atoms with Crippen molar-refractivity contribution in [3.63, 3.8) is 0 Å². The third-order valence-corrected chi connectivity index (χ3v) is 6.27. The lowest BCUT2D eigenvalue weighted by molar-refractivity contribution is 0.426. The van der Waals surface area contributed by atoms with Gasteiger partial charge in [-0.3, -0.25) is 0 Å². The van der Waals surface area contributed by atoms with Crippen LogP contribution in [0.1, 0.15) is 11.1 Å². The molecule has 3 rings (SSSR count). The molecule has 21 heavy (non-hydrogen) atoms. The molecule has 0 fully saturated rings. The van der Waals surface area contributed by atoms with E-state index >= 15 is 0 Å². The van der Waals surface area contributed by atoms with Gasteiger partial charge in [0.05, 0.1) is 4.90 Å².